The van der Waals surface area contributed by atoms with E-state index in [1.807, 2.05) is 30.3 Å². The summed E-state index contributed by atoms with van der Waals surface area (Å²) in [5, 5.41) is 11.3. The van der Waals surface area contributed by atoms with E-state index in [9.17, 15) is 9.59 Å². The fraction of sp³-hybridized carbons (Fsp3) is 0.391. The Kier molecular flexibility index (Phi) is 6.37. The first-order valence-electron chi connectivity index (χ1n) is 10.5. The van der Waals surface area contributed by atoms with Crippen molar-refractivity contribution in [3.05, 3.63) is 64.4 Å². The number of nitrogens with one attached hydrogen (secondary N) is 1. The molecule has 1 fully saturated rings. The molecule has 0 bridgehead atoms. The van der Waals surface area contributed by atoms with E-state index >= 15 is 0 Å². The number of fused-ring (bicyclic) bond motifs is 1. The van der Waals surface area contributed by atoms with Crippen LogP contribution in [0.5, 0.6) is 5.75 Å². The smallest absolute Gasteiger partial charge is 0.277 e. The Morgan fingerprint density at radius 3 is 2.63 bits per heavy atom. The van der Waals surface area contributed by atoms with Crippen LogP contribution in [-0.2, 0) is 17.9 Å². The number of benzene rings is 2. The lowest BCUT2D eigenvalue weighted by molar-refractivity contribution is -0.121. The van der Waals surface area contributed by atoms with Gasteiger partial charge in [-0.1, -0.05) is 35.9 Å². The van der Waals surface area contributed by atoms with Gasteiger partial charge in [-0.3, -0.25) is 9.59 Å². The molecule has 2 aromatic carbocycles. The first-order chi connectivity index (χ1) is 14.7. The maximum absolute atomic E-state index is 12.4. The molecule has 30 heavy (non-hydrogen) atoms. The van der Waals surface area contributed by atoms with Gasteiger partial charge in [0.15, 0.2) is 0 Å². The molecule has 1 saturated carbocycles. The number of carbonyl (C=O) groups excluding carboxylic acids is 1. The molecule has 3 aromatic rings. The van der Waals surface area contributed by atoms with E-state index in [4.69, 9.17) is 4.74 Å². The van der Waals surface area contributed by atoms with Crippen molar-refractivity contribution in [2.24, 2.45) is 0 Å². The van der Waals surface area contributed by atoms with Crippen LogP contribution in [0.1, 0.15) is 44.1 Å². The van der Waals surface area contributed by atoms with Gasteiger partial charge in [-0.25, -0.2) is 4.68 Å². The third-order valence-electron chi connectivity index (χ3n) is 5.45. The number of hydrogen-bond acceptors (Lipinski definition) is 5. The number of carbonyl (C=O) groups is 1. The zero-order valence-electron chi connectivity index (χ0n) is 16.9. The van der Waals surface area contributed by atoms with E-state index in [0.717, 1.165) is 24.2 Å². The third-order valence-corrected chi connectivity index (χ3v) is 5.45. The van der Waals surface area contributed by atoms with Gasteiger partial charge in [0.2, 0.25) is 5.91 Å². The standard InChI is InChI=1S/C23H26N4O3/c28-22(14-15-27-23(29)20-8-4-5-9-21(20)25-26-27)24-16-17-10-12-19(13-11-17)30-18-6-2-1-3-7-18/h4-5,8-13,18H,1-3,6-7,14-16H2,(H,24,28). The molecule has 0 unspecified atom stereocenters. The Bertz CT molecular complexity index is 1060. The highest BCUT2D eigenvalue weighted by atomic mass is 16.5. The highest BCUT2D eigenvalue weighted by Crippen LogP contribution is 2.23. The van der Waals surface area contributed by atoms with Crippen molar-refractivity contribution in [3.8, 4) is 5.75 Å². The monoisotopic (exact) mass is 406 g/mol. The Balaban J connectivity index is 1.26. The van der Waals surface area contributed by atoms with E-state index in [2.05, 4.69) is 15.6 Å². The molecular formula is C23H26N4O3. The minimum Gasteiger partial charge on any atom is -0.490 e. The number of nitrogens with zero attached hydrogens (tertiary/aromatic N) is 3. The molecule has 1 N–H and O–H groups in total. The predicted octanol–water partition coefficient (Wildman–Crippen LogP) is 3.21. The van der Waals surface area contributed by atoms with Gasteiger partial charge in [0, 0.05) is 13.0 Å². The first-order valence-corrected chi connectivity index (χ1v) is 10.5. The molecule has 7 heteroatoms. The van der Waals surface area contributed by atoms with Crippen molar-refractivity contribution in [1.29, 1.82) is 0 Å². The van der Waals surface area contributed by atoms with Crippen molar-refractivity contribution >= 4 is 16.8 Å². The maximum atomic E-state index is 12.4. The fourth-order valence-electron chi connectivity index (χ4n) is 3.73. The second-order valence-corrected chi connectivity index (χ2v) is 7.68. The third kappa shape index (κ3) is 5.03. The van der Waals surface area contributed by atoms with E-state index in [1.54, 1.807) is 18.2 Å². The zero-order valence-corrected chi connectivity index (χ0v) is 16.9. The summed E-state index contributed by atoms with van der Waals surface area (Å²) in [6, 6.07) is 14.9. The second-order valence-electron chi connectivity index (χ2n) is 7.68. The number of amides is 1. The molecule has 156 valence electrons. The SMILES string of the molecule is O=C(CCn1nnc2ccccc2c1=O)NCc1ccc(OC2CCCCC2)cc1. The Labute approximate surface area is 175 Å². The number of rotatable bonds is 7. The zero-order chi connectivity index (χ0) is 20.8. The predicted molar refractivity (Wildman–Crippen MR) is 114 cm³/mol. The summed E-state index contributed by atoms with van der Waals surface area (Å²) in [6.07, 6.45) is 6.53. The Morgan fingerprint density at radius 2 is 1.83 bits per heavy atom. The summed E-state index contributed by atoms with van der Waals surface area (Å²) >= 11 is 0. The lowest BCUT2D eigenvalue weighted by Crippen LogP contribution is -2.29. The van der Waals surface area contributed by atoms with Crippen LogP contribution >= 0.6 is 0 Å². The van der Waals surface area contributed by atoms with Gasteiger partial charge < -0.3 is 10.1 Å². The Hall–Kier alpha value is -3.22. The van der Waals surface area contributed by atoms with Gasteiger partial charge in [0.1, 0.15) is 11.3 Å². The summed E-state index contributed by atoms with van der Waals surface area (Å²) in [6.45, 7) is 0.623. The molecule has 1 heterocycles. The Morgan fingerprint density at radius 1 is 1.07 bits per heavy atom. The average Bonchev–Trinajstić information content (AvgIpc) is 2.79. The van der Waals surface area contributed by atoms with Crippen LogP contribution in [0.3, 0.4) is 0 Å². The molecule has 7 nitrogen and oxygen atoms in total. The number of hydrogen-bond donors (Lipinski definition) is 1. The molecule has 0 atom stereocenters. The van der Waals surface area contributed by atoms with E-state index in [0.29, 0.717) is 23.6 Å². The molecule has 1 aliphatic rings. The van der Waals surface area contributed by atoms with Gasteiger partial charge in [-0.05, 0) is 55.5 Å². The van der Waals surface area contributed by atoms with E-state index < -0.39 is 0 Å². The molecule has 1 aromatic heterocycles. The number of ether oxygens (including phenoxy) is 1. The molecular weight excluding hydrogens is 380 g/mol. The van der Waals surface area contributed by atoms with Crippen molar-refractivity contribution in [2.75, 3.05) is 0 Å². The van der Waals surface area contributed by atoms with Crippen molar-refractivity contribution in [3.63, 3.8) is 0 Å². The topological polar surface area (TPSA) is 86.1 Å². The van der Waals surface area contributed by atoms with Crippen molar-refractivity contribution < 1.29 is 9.53 Å². The summed E-state index contributed by atoms with van der Waals surface area (Å²) in [4.78, 5) is 24.6. The molecule has 1 aliphatic carbocycles. The molecule has 0 radical (unpaired) electrons. The van der Waals surface area contributed by atoms with Crippen LogP contribution in [0, 0.1) is 0 Å². The molecule has 0 saturated heterocycles. The van der Waals surface area contributed by atoms with Crippen molar-refractivity contribution in [1.82, 2.24) is 20.3 Å². The van der Waals surface area contributed by atoms with Crippen LogP contribution < -0.4 is 15.6 Å². The summed E-state index contributed by atoms with van der Waals surface area (Å²) < 4.78 is 7.27. The summed E-state index contributed by atoms with van der Waals surface area (Å²) in [5.74, 6) is 0.741. The van der Waals surface area contributed by atoms with Gasteiger partial charge >= 0.3 is 0 Å². The second kappa shape index (κ2) is 9.52. The van der Waals surface area contributed by atoms with Crippen molar-refractivity contribution in [2.45, 2.75) is 57.7 Å². The van der Waals surface area contributed by atoms with Crippen LogP contribution in [0.15, 0.2) is 53.3 Å². The average molecular weight is 406 g/mol. The molecule has 4 rings (SSSR count). The lowest BCUT2D eigenvalue weighted by Gasteiger charge is -2.23. The van der Waals surface area contributed by atoms with Gasteiger partial charge in [0.05, 0.1) is 18.0 Å². The highest BCUT2D eigenvalue weighted by Gasteiger charge is 2.14. The van der Waals surface area contributed by atoms with Gasteiger partial charge in [-0.15, -0.1) is 5.10 Å². The molecule has 1 amide bonds. The van der Waals surface area contributed by atoms with E-state index in [-0.39, 0.29) is 24.4 Å². The normalized spacial score (nSPS) is 14.5. The van der Waals surface area contributed by atoms with Crippen LogP contribution in [0.2, 0.25) is 0 Å². The first kappa shape index (κ1) is 20.1. The highest BCUT2D eigenvalue weighted by molar-refractivity contribution is 5.77. The maximum Gasteiger partial charge on any atom is 0.277 e. The lowest BCUT2D eigenvalue weighted by atomic mass is 9.98. The number of aromatic nitrogens is 3. The fourth-order valence-corrected chi connectivity index (χ4v) is 3.73. The quantitative estimate of drug-likeness (QED) is 0.651. The number of aryl methyl sites for hydroxylation is 1. The summed E-state index contributed by atoms with van der Waals surface area (Å²) in [7, 11) is 0. The van der Waals surface area contributed by atoms with Crippen LogP contribution in [0.25, 0.3) is 10.9 Å². The summed E-state index contributed by atoms with van der Waals surface area (Å²) in [5.41, 5.74) is 1.32. The van der Waals surface area contributed by atoms with Gasteiger partial charge in [-0.2, -0.15) is 0 Å². The van der Waals surface area contributed by atoms with Gasteiger partial charge in [0.25, 0.3) is 5.56 Å². The van der Waals surface area contributed by atoms with E-state index in [1.165, 1.54) is 23.9 Å². The van der Waals surface area contributed by atoms with Crippen LogP contribution in [-0.4, -0.2) is 27.0 Å². The minimum atomic E-state index is -0.234. The van der Waals surface area contributed by atoms with Crippen LogP contribution in [0.4, 0.5) is 0 Å². The molecule has 0 aliphatic heterocycles. The largest absolute Gasteiger partial charge is 0.490 e. The minimum absolute atomic E-state index is 0.139. The molecule has 0 spiro atoms.